The van der Waals surface area contributed by atoms with Gasteiger partial charge in [0.2, 0.25) is 0 Å². The van der Waals surface area contributed by atoms with Gasteiger partial charge >= 0.3 is 0 Å². The van der Waals surface area contributed by atoms with Crippen LogP contribution in [0.5, 0.6) is 0 Å². The summed E-state index contributed by atoms with van der Waals surface area (Å²) in [4.78, 5) is 4.77. The third kappa shape index (κ3) is 2.39. The first kappa shape index (κ1) is 12.7. The summed E-state index contributed by atoms with van der Waals surface area (Å²) in [6, 6.07) is 6.78. The highest BCUT2D eigenvalue weighted by Gasteiger charge is 2.18. The number of hydrogen-bond acceptors (Lipinski definition) is 2. The fourth-order valence-electron chi connectivity index (χ4n) is 3.00. The Bertz CT molecular complexity index is 577. The highest BCUT2D eigenvalue weighted by Crippen LogP contribution is 2.26. The van der Waals surface area contributed by atoms with Crippen LogP contribution < -0.4 is 5.32 Å². The summed E-state index contributed by atoms with van der Waals surface area (Å²) in [6.07, 6.45) is 2.30. The summed E-state index contributed by atoms with van der Waals surface area (Å²) in [6.45, 7) is 6.75. The zero-order valence-electron chi connectivity index (χ0n) is 12.1. The first-order valence-electron chi connectivity index (χ1n) is 7.31. The van der Waals surface area contributed by atoms with E-state index in [2.05, 4.69) is 49.0 Å². The highest BCUT2D eigenvalue weighted by molar-refractivity contribution is 5.77. The number of nitrogens with zero attached hydrogens (tertiary/aromatic N) is 2. The van der Waals surface area contributed by atoms with Crippen molar-refractivity contribution in [3.05, 3.63) is 29.6 Å². The molecule has 1 aromatic heterocycles. The van der Waals surface area contributed by atoms with E-state index < -0.39 is 0 Å². The van der Waals surface area contributed by atoms with Gasteiger partial charge < -0.3 is 9.88 Å². The molecule has 1 N–H and O–H groups in total. The average molecular weight is 257 g/mol. The molecule has 102 valence electrons. The van der Waals surface area contributed by atoms with E-state index in [-0.39, 0.29) is 0 Å². The predicted molar refractivity (Wildman–Crippen MR) is 79.5 cm³/mol. The molecule has 0 saturated carbocycles. The van der Waals surface area contributed by atoms with Crippen LogP contribution in [-0.4, -0.2) is 22.6 Å². The lowest BCUT2D eigenvalue weighted by molar-refractivity contribution is 0.606. The number of rotatable bonds is 3. The van der Waals surface area contributed by atoms with Crippen LogP contribution >= 0.6 is 0 Å². The lowest BCUT2D eigenvalue weighted by Crippen LogP contribution is -2.08. The highest BCUT2D eigenvalue weighted by atomic mass is 15.1. The number of nitrogens with one attached hydrogen (secondary N) is 1. The van der Waals surface area contributed by atoms with Crippen molar-refractivity contribution in [3.8, 4) is 0 Å². The lowest BCUT2D eigenvalue weighted by Gasteiger charge is -2.09. The number of hydrogen-bond donors (Lipinski definition) is 1. The van der Waals surface area contributed by atoms with Gasteiger partial charge in [-0.15, -0.1) is 0 Å². The second-order valence-electron chi connectivity index (χ2n) is 6.12. The summed E-state index contributed by atoms with van der Waals surface area (Å²) in [5.74, 6) is 2.52. The fourth-order valence-corrected chi connectivity index (χ4v) is 3.00. The van der Waals surface area contributed by atoms with Crippen LogP contribution in [0.25, 0.3) is 11.0 Å². The van der Waals surface area contributed by atoms with Crippen molar-refractivity contribution in [2.75, 3.05) is 13.1 Å². The minimum absolute atomic E-state index is 0.647. The van der Waals surface area contributed by atoms with Gasteiger partial charge in [-0.25, -0.2) is 4.98 Å². The normalized spacial score (nSPS) is 19.7. The van der Waals surface area contributed by atoms with Crippen LogP contribution in [0.2, 0.25) is 0 Å². The van der Waals surface area contributed by atoms with Crippen molar-refractivity contribution in [3.63, 3.8) is 0 Å². The monoisotopic (exact) mass is 257 g/mol. The maximum atomic E-state index is 4.77. The number of imidazole rings is 1. The Kier molecular flexibility index (Phi) is 3.31. The Morgan fingerprint density at radius 1 is 1.42 bits per heavy atom. The van der Waals surface area contributed by atoms with E-state index in [0.29, 0.717) is 11.8 Å². The van der Waals surface area contributed by atoms with Crippen LogP contribution in [0, 0.1) is 5.92 Å². The summed E-state index contributed by atoms with van der Waals surface area (Å²) in [5.41, 5.74) is 3.87. The molecular formula is C16H23N3. The molecule has 3 rings (SSSR count). The van der Waals surface area contributed by atoms with Gasteiger partial charge in [0, 0.05) is 20.0 Å². The second-order valence-corrected chi connectivity index (χ2v) is 6.12. The Balaban J connectivity index is 1.99. The molecule has 2 heterocycles. The molecule has 1 aliphatic rings. The topological polar surface area (TPSA) is 29.9 Å². The fraction of sp³-hybridized carbons (Fsp3) is 0.562. The average Bonchev–Trinajstić information content (AvgIpc) is 2.99. The molecule has 0 amide bonds. The second kappa shape index (κ2) is 4.97. The summed E-state index contributed by atoms with van der Waals surface area (Å²) in [5, 5.41) is 3.44. The van der Waals surface area contributed by atoms with E-state index in [4.69, 9.17) is 4.98 Å². The molecule has 1 atom stereocenters. The van der Waals surface area contributed by atoms with Gasteiger partial charge in [0.1, 0.15) is 5.82 Å². The van der Waals surface area contributed by atoms with Crippen molar-refractivity contribution in [2.24, 2.45) is 13.0 Å². The standard InChI is InChI=1S/C16H23N3/c1-11(2)8-16-18-14-5-4-12(9-15(14)19(16)3)13-6-7-17-10-13/h4-5,9,11,13,17H,6-8,10H2,1-3H3. The van der Waals surface area contributed by atoms with E-state index in [1.807, 2.05) is 0 Å². The van der Waals surface area contributed by atoms with Gasteiger partial charge in [-0.3, -0.25) is 0 Å². The zero-order valence-corrected chi connectivity index (χ0v) is 12.1. The lowest BCUT2D eigenvalue weighted by atomic mass is 9.98. The molecule has 0 bridgehead atoms. The summed E-state index contributed by atoms with van der Waals surface area (Å²) in [7, 11) is 2.14. The number of fused-ring (bicyclic) bond motifs is 1. The van der Waals surface area contributed by atoms with Gasteiger partial charge in [-0.2, -0.15) is 0 Å². The third-order valence-corrected chi connectivity index (χ3v) is 4.12. The van der Waals surface area contributed by atoms with Crippen LogP contribution in [-0.2, 0) is 13.5 Å². The van der Waals surface area contributed by atoms with Gasteiger partial charge in [-0.05, 0) is 42.5 Å². The molecule has 1 fully saturated rings. The number of aromatic nitrogens is 2. The molecule has 0 radical (unpaired) electrons. The van der Waals surface area contributed by atoms with Crippen LogP contribution in [0.1, 0.15) is 37.6 Å². The summed E-state index contributed by atoms with van der Waals surface area (Å²) >= 11 is 0. The Morgan fingerprint density at radius 2 is 2.26 bits per heavy atom. The van der Waals surface area contributed by atoms with E-state index in [9.17, 15) is 0 Å². The van der Waals surface area contributed by atoms with Crippen LogP contribution in [0.15, 0.2) is 18.2 Å². The molecule has 1 aromatic carbocycles. The van der Waals surface area contributed by atoms with Crippen molar-refractivity contribution in [2.45, 2.75) is 32.6 Å². The van der Waals surface area contributed by atoms with E-state index in [1.165, 1.54) is 23.3 Å². The maximum Gasteiger partial charge on any atom is 0.109 e. The van der Waals surface area contributed by atoms with E-state index >= 15 is 0 Å². The molecule has 1 saturated heterocycles. The van der Waals surface area contributed by atoms with Gasteiger partial charge in [-0.1, -0.05) is 19.9 Å². The molecule has 0 spiro atoms. The van der Waals surface area contributed by atoms with E-state index in [0.717, 1.165) is 25.0 Å². The largest absolute Gasteiger partial charge is 0.331 e. The Labute approximate surface area is 115 Å². The minimum atomic E-state index is 0.647. The van der Waals surface area contributed by atoms with Crippen molar-refractivity contribution in [1.29, 1.82) is 0 Å². The molecule has 2 aromatic rings. The molecule has 3 nitrogen and oxygen atoms in total. The van der Waals surface area contributed by atoms with Crippen LogP contribution in [0.3, 0.4) is 0 Å². The van der Waals surface area contributed by atoms with Gasteiger partial charge in [0.25, 0.3) is 0 Å². The summed E-state index contributed by atoms with van der Waals surface area (Å²) < 4.78 is 2.27. The molecular weight excluding hydrogens is 234 g/mol. The van der Waals surface area contributed by atoms with Gasteiger partial charge in [0.05, 0.1) is 11.0 Å². The van der Waals surface area contributed by atoms with Crippen molar-refractivity contribution >= 4 is 11.0 Å². The molecule has 0 aliphatic carbocycles. The quantitative estimate of drug-likeness (QED) is 0.916. The predicted octanol–water partition coefficient (Wildman–Crippen LogP) is 2.85. The smallest absolute Gasteiger partial charge is 0.109 e. The molecule has 19 heavy (non-hydrogen) atoms. The first-order valence-corrected chi connectivity index (χ1v) is 7.31. The third-order valence-electron chi connectivity index (χ3n) is 4.12. The molecule has 3 heteroatoms. The SMILES string of the molecule is CC(C)Cc1nc2ccc(C3CCNC3)cc2n1C. The maximum absolute atomic E-state index is 4.77. The van der Waals surface area contributed by atoms with Crippen LogP contribution in [0.4, 0.5) is 0 Å². The Hall–Kier alpha value is -1.35. The molecule has 1 aliphatic heterocycles. The van der Waals surface area contributed by atoms with Gasteiger partial charge in [0.15, 0.2) is 0 Å². The van der Waals surface area contributed by atoms with Crippen molar-refractivity contribution in [1.82, 2.24) is 14.9 Å². The van der Waals surface area contributed by atoms with E-state index in [1.54, 1.807) is 0 Å². The molecule has 1 unspecified atom stereocenters. The Morgan fingerprint density at radius 3 is 2.95 bits per heavy atom. The zero-order chi connectivity index (χ0) is 13.4. The minimum Gasteiger partial charge on any atom is -0.331 e. The number of aryl methyl sites for hydroxylation is 1. The van der Waals surface area contributed by atoms with Crippen molar-refractivity contribution < 1.29 is 0 Å². The first-order chi connectivity index (χ1) is 9.15. The number of benzene rings is 1.